The van der Waals surface area contributed by atoms with Crippen LogP contribution in [0.4, 0.5) is 0 Å². The predicted octanol–water partition coefficient (Wildman–Crippen LogP) is 1.60. The van der Waals surface area contributed by atoms with E-state index in [2.05, 4.69) is 5.32 Å². The van der Waals surface area contributed by atoms with Crippen molar-refractivity contribution >= 4 is 23.1 Å². The molecule has 0 radical (unpaired) electrons. The summed E-state index contributed by atoms with van der Waals surface area (Å²) in [5.41, 5.74) is 5.63. The number of hydrogen-bond acceptors (Lipinski definition) is 2. The third kappa shape index (κ3) is 3.45. The van der Waals surface area contributed by atoms with Crippen molar-refractivity contribution in [3.8, 4) is 0 Å². The molecule has 1 unspecified atom stereocenters. The van der Waals surface area contributed by atoms with Crippen LogP contribution in [-0.4, -0.2) is 16.9 Å². The first-order valence-corrected chi connectivity index (χ1v) is 6.10. The second kappa shape index (κ2) is 5.45. The zero-order valence-corrected chi connectivity index (χ0v) is 10.3. The van der Waals surface area contributed by atoms with E-state index < -0.39 is 0 Å². The highest BCUT2D eigenvalue weighted by Gasteiger charge is 2.34. The van der Waals surface area contributed by atoms with Gasteiger partial charge in [0.25, 0.3) is 0 Å². The average molecular weight is 228 g/mol. The summed E-state index contributed by atoms with van der Waals surface area (Å²) >= 11 is 4.97. The molecular weight excluding hydrogens is 208 g/mol. The molecular formula is C11H20N2OS. The van der Waals surface area contributed by atoms with Gasteiger partial charge in [-0.25, -0.2) is 0 Å². The Morgan fingerprint density at radius 2 is 2.00 bits per heavy atom. The van der Waals surface area contributed by atoms with Gasteiger partial charge in [0.2, 0.25) is 5.91 Å². The maximum atomic E-state index is 11.8. The van der Waals surface area contributed by atoms with Crippen LogP contribution < -0.4 is 11.1 Å². The Labute approximate surface area is 96.8 Å². The molecule has 0 bridgehead atoms. The van der Waals surface area contributed by atoms with Crippen molar-refractivity contribution in [3.63, 3.8) is 0 Å². The van der Waals surface area contributed by atoms with Gasteiger partial charge >= 0.3 is 0 Å². The van der Waals surface area contributed by atoms with E-state index in [0.29, 0.717) is 10.9 Å². The fourth-order valence-corrected chi connectivity index (χ4v) is 2.03. The van der Waals surface area contributed by atoms with Crippen LogP contribution in [0.2, 0.25) is 0 Å². The van der Waals surface area contributed by atoms with Crippen molar-refractivity contribution in [2.75, 3.05) is 0 Å². The third-order valence-electron chi connectivity index (χ3n) is 3.05. The average Bonchev–Trinajstić information content (AvgIpc) is 2.99. The summed E-state index contributed by atoms with van der Waals surface area (Å²) in [6, 6.07) is -0.0758. The molecule has 3 nitrogen and oxygen atoms in total. The van der Waals surface area contributed by atoms with Gasteiger partial charge in [0.05, 0.1) is 11.0 Å². The summed E-state index contributed by atoms with van der Waals surface area (Å²) in [6.45, 7) is 4.06. The van der Waals surface area contributed by atoms with Gasteiger partial charge in [-0.2, -0.15) is 0 Å². The predicted molar refractivity (Wildman–Crippen MR) is 65.5 cm³/mol. The number of nitrogens with two attached hydrogens (primary N) is 1. The summed E-state index contributed by atoms with van der Waals surface area (Å²) in [7, 11) is 0. The van der Waals surface area contributed by atoms with Crippen LogP contribution in [0, 0.1) is 11.8 Å². The Kier molecular flexibility index (Phi) is 4.51. The van der Waals surface area contributed by atoms with E-state index in [1.807, 2.05) is 13.8 Å². The van der Waals surface area contributed by atoms with Crippen molar-refractivity contribution in [3.05, 3.63) is 0 Å². The quantitative estimate of drug-likeness (QED) is 0.679. The lowest BCUT2D eigenvalue weighted by Gasteiger charge is -2.20. The number of rotatable bonds is 6. The van der Waals surface area contributed by atoms with Gasteiger partial charge in [0, 0.05) is 5.92 Å². The smallest absolute Gasteiger partial charge is 0.223 e. The van der Waals surface area contributed by atoms with E-state index in [0.717, 1.165) is 25.7 Å². The van der Waals surface area contributed by atoms with Gasteiger partial charge in [-0.3, -0.25) is 4.79 Å². The number of amides is 1. The Morgan fingerprint density at radius 1 is 1.47 bits per heavy atom. The zero-order chi connectivity index (χ0) is 11.4. The largest absolute Gasteiger partial charge is 0.392 e. The van der Waals surface area contributed by atoms with E-state index in [4.69, 9.17) is 18.0 Å². The lowest BCUT2D eigenvalue weighted by molar-refractivity contribution is -0.125. The van der Waals surface area contributed by atoms with Crippen molar-refractivity contribution in [1.82, 2.24) is 5.32 Å². The van der Waals surface area contributed by atoms with Crippen LogP contribution in [-0.2, 0) is 4.79 Å². The Morgan fingerprint density at radius 3 is 2.33 bits per heavy atom. The molecule has 0 spiro atoms. The monoisotopic (exact) mass is 228 g/mol. The van der Waals surface area contributed by atoms with Crippen LogP contribution in [0.3, 0.4) is 0 Å². The SMILES string of the molecule is CCC(CC)C(=O)NC(C(N)=S)C1CC1. The fraction of sp³-hybridized carbons (Fsp3) is 0.818. The molecule has 0 aliphatic heterocycles. The Balaban J connectivity index is 2.50. The third-order valence-corrected chi connectivity index (χ3v) is 3.31. The fourth-order valence-electron chi connectivity index (χ4n) is 1.78. The zero-order valence-electron chi connectivity index (χ0n) is 9.45. The molecule has 0 saturated heterocycles. The van der Waals surface area contributed by atoms with Crippen LogP contribution in [0.5, 0.6) is 0 Å². The minimum Gasteiger partial charge on any atom is -0.392 e. The summed E-state index contributed by atoms with van der Waals surface area (Å²) in [4.78, 5) is 12.3. The van der Waals surface area contributed by atoms with Gasteiger partial charge < -0.3 is 11.1 Å². The molecule has 0 aromatic carbocycles. The highest BCUT2D eigenvalue weighted by Crippen LogP contribution is 2.33. The second-order valence-electron chi connectivity index (χ2n) is 4.24. The molecule has 4 heteroatoms. The molecule has 1 fully saturated rings. The van der Waals surface area contributed by atoms with E-state index in [1.54, 1.807) is 0 Å². The van der Waals surface area contributed by atoms with E-state index >= 15 is 0 Å². The van der Waals surface area contributed by atoms with Crippen molar-refractivity contribution < 1.29 is 4.79 Å². The Bertz CT molecular complexity index is 247. The summed E-state index contributed by atoms with van der Waals surface area (Å²) < 4.78 is 0. The number of thiocarbonyl (C=S) groups is 1. The molecule has 0 aromatic heterocycles. The highest BCUT2D eigenvalue weighted by molar-refractivity contribution is 7.80. The lowest BCUT2D eigenvalue weighted by atomic mass is 10.0. The highest BCUT2D eigenvalue weighted by atomic mass is 32.1. The van der Waals surface area contributed by atoms with Gasteiger partial charge in [-0.05, 0) is 31.6 Å². The molecule has 1 rings (SSSR count). The molecule has 1 saturated carbocycles. The van der Waals surface area contributed by atoms with Gasteiger partial charge in [-0.1, -0.05) is 26.1 Å². The maximum Gasteiger partial charge on any atom is 0.223 e. The van der Waals surface area contributed by atoms with Crippen LogP contribution >= 0.6 is 12.2 Å². The number of carbonyl (C=O) groups excluding carboxylic acids is 1. The second-order valence-corrected chi connectivity index (χ2v) is 4.71. The molecule has 0 aromatic rings. The summed E-state index contributed by atoms with van der Waals surface area (Å²) in [5, 5.41) is 2.98. The van der Waals surface area contributed by atoms with Crippen molar-refractivity contribution in [2.45, 2.75) is 45.6 Å². The van der Waals surface area contributed by atoms with Crippen LogP contribution in [0.1, 0.15) is 39.5 Å². The molecule has 1 atom stereocenters. The first-order chi connectivity index (χ1) is 7.10. The van der Waals surface area contributed by atoms with Crippen LogP contribution in [0.25, 0.3) is 0 Å². The first kappa shape index (κ1) is 12.4. The normalized spacial score (nSPS) is 17.5. The van der Waals surface area contributed by atoms with E-state index in [-0.39, 0.29) is 17.9 Å². The summed E-state index contributed by atoms with van der Waals surface area (Å²) in [5.74, 6) is 0.686. The van der Waals surface area contributed by atoms with Crippen LogP contribution in [0.15, 0.2) is 0 Å². The number of hydrogen-bond donors (Lipinski definition) is 2. The minimum absolute atomic E-state index is 0.0758. The number of nitrogens with one attached hydrogen (secondary N) is 1. The molecule has 15 heavy (non-hydrogen) atoms. The Hall–Kier alpha value is -0.640. The molecule has 0 heterocycles. The van der Waals surface area contributed by atoms with Gasteiger partial charge in [0.1, 0.15) is 0 Å². The first-order valence-electron chi connectivity index (χ1n) is 5.69. The lowest BCUT2D eigenvalue weighted by Crippen LogP contribution is -2.47. The summed E-state index contributed by atoms with van der Waals surface area (Å²) in [6.07, 6.45) is 4.00. The van der Waals surface area contributed by atoms with Gasteiger partial charge in [0.15, 0.2) is 0 Å². The molecule has 86 valence electrons. The minimum atomic E-state index is -0.0758. The maximum absolute atomic E-state index is 11.8. The van der Waals surface area contributed by atoms with Crippen molar-refractivity contribution in [2.24, 2.45) is 17.6 Å². The molecule has 3 N–H and O–H groups in total. The molecule has 1 aliphatic carbocycles. The van der Waals surface area contributed by atoms with Gasteiger partial charge in [-0.15, -0.1) is 0 Å². The topological polar surface area (TPSA) is 55.1 Å². The molecule has 1 amide bonds. The van der Waals surface area contributed by atoms with Crippen molar-refractivity contribution in [1.29, 1.82) is 0 Å². The van der Waals surface area contributed by atoms with E-state index in [9.17, 15) is 4.79 Å². The van der Waals surface area contributed by atoms with E-state index in [1.165, 1.54) is 0 Å². The number of carbonyl (C=O) groups is 1. The standard InChI is InChI=1S/C11H20N2OS/c1-3-7(4-2)11(14)13-9(10(12)15)8-5-6-8/h7-9H,3-6H2,1-2H3,(H2,12,15)(H,13,14). The molecule has 1 aliphatic rings.